The molecule has 0 bridgehead atoms. The topological polar surface area (TPSA) is 78.1 Å². The molecular weight excluding hydrogens is 338 g/mol. The minimum atomic E-state index is -0.592. The van der Waals surface area contributed by atoms with Gasteiger partial charge < -0.3 is 9.26 Å². The van der Waals surface area contributed by atoms with Crippen LogP contribution in [0.15, 0.2) is 15.1 Å². The van der Waals surface area contributed by atoms with Gasteiger partial charge in [0.25, 0.3) is 0 Å². The van der Waals surface area contributed by atoms with Crippen molar-refractivity contribution in [1.29, 1.82) is 0 Å². The SMILES string of the molecule is Cc1nc(-c2cc(C(=O)OC(C)(C)C)on2)nc(C)c1Br. The maximum Gasteiger partial charge on any atom is 0.377 e. The molecule has 6 nitrogen and oxygen atoms in total. The van der Waals surface area contributed by atoms with E-state index in [1.807, 2.05) is 13.8 Å². The average Bonchev–Trinajstić information content (AvgIpc) is 2.82. The second-order valence-corrected chi connectivity index (χ2v) is 6.40. The molecule has 0 aliphatic carbocycles. The van der Waals surface area contributed by atoms with Crippen molar-refractivity contribution < 1.29 is 14.1 Å². The standard InChI is InChI=1S/C14H16BrN3O3/c1-7-11(15)8(2)17-12(16-7)9-6-10(21-18-9)13(19)20-14(3,4)5/h6H,1-5H3. The second kappa shape index (κ2) is 5.55. The molecule has 21 heavy (non-hydrogen) atoms. The van der Waals surface area contributed by atoms with Crippen molar-refractivity contribution in [2.24, 2.45) is 0 Å². The number of nitrogens with zero attached hydrogens (tertiary/aromatic N) is 3. The third kappa shape index (κ3) is 3.66. The van der Waals surface area contributed by atoms with Crippen LogP contribution in [0.3, 0.4) is 0 Å². The number of aromatic nitrogens is 3. The van der Waals surface area contributed by atoms with Gasteiger partial charge in [0.15, 0.2) is 11.5 Å². The smallest absolute Gasteiger partial charge is 0.377 e. The van der Waals surface area contributed by atoms with Crippen molar-refractivity contribution in [2.75, 3.05) is 0 Å². The second-order valence-electron chi connectivity index (χ2n) is 5.61. The quantitative estimate of drug-likeness (QED) is 0.769. The lowest BCUT2D eigenvalue weighted by atomic mass is 10.2. The van der Waals surface area contributed by atoms with E-state index in [0.29, 0.717) is 11.5 Å². The first-order valence-corrected chi connectivity index (χ1v) is 7.18. The van der Waals surface area contributed by atoms with Crippen molar-refractivity contribution in [3.05, 3.63) is 27.7 Å². The van der Waals surface area contributed by atoms with E-state index in [-0.39, 0.29) is 5.76 Å². The van der Waals surface area contributed by atoms with Crippen LogP contribution in [-0.2, 0) is 4.74 Å². The van der Waals surface area contributed by atoms with E-state index in [1.54, 1.807) is 20.8 Å². The number of carbonyl (C=O) groups is 1. The summed E-state index contributed by atoms with van der Waals surface area (Å²) in [4.78, 5) is 20.5. The van der Waals surface area contributed by atoms with Crippen molar-refractivity contribution in [2.45, 2.75) is 40.2 Å². The van der Waals surface area contributed by atoms with Gasteiger partial charge in [-0.25, -0.2) is 14.8 Å². The zero-order valence-electron chi connectivity index (χ0n) is 12.5. The minimum absolute atomic E-state index is 0.0294. The molecule has 0 amide bonds. The highest BCUT2D eigenvalue weighted by molar-refractivity contribution is 9.10. The first kappa shape index (κ1) is 15.6. The number of rotatable bonds is 2. The van der Waals surface area contributed by atoms with Crippen molar-refractivity contribution >= 4 is 21.9 Å². The van der Waals surface area contributed by atoms with Gasteiger partial charge in [-0.3, -0.25) is 0 Å². The van der Waals surface area contributed by atoms with Crippen LogP contribution in [0, 0.1) is 13.8 Å². The normalized spacial score (nSPS) is 11.5. The Labute approximate surface area is 131 Å². The average molecular weight is 354 g/mol. The van der Waals surface area contributed by atoms with Gasteiger partial charge in [0.2, 0.25) is 5.76 Å². The van der Waals surface area contributed by atoms with Crippen molar-refractivity contribution in [3.63, 3.8) is 0 Å². The summed E-state index contributed by atoms with van der Waals surface area (Å²) in [7, 11) is 0. The highest BCUT2D eigenvalue weighted by Crippen LogP contribution is 2.23. The zero-order valence-corrected chi connectivity index (χ0v) is 14.1. The van der Waals surface area contributed by atoms with E-state index in [0.717, 1.165) is 15.9 Å². The highest BCUT2D eigenvalue weighted by atomic mass is 79.9. The maximum absolute atomic E-state index is 11.9. The van der Waals surface area contributed by atoms with Crippen LogP contribution in [0.2, 0.25) is 0 Å². The summed E-state index contributed by atoms with van der Waals surface area (Å²) in [6.45, 7) is 9.07. The van der Waals surface area contributed by atoms with E-state index in [2.05, 4.69) is 31.1 Å². The zero-order chi connectivity index (χ0) is 15.8. The summed E-state index contributed by atoms with van der Waals surface area (Å²) in [5.41, 5.74) is 1.39. The molecule has 0 aromatic carbocycles. The Morgan fingerprint density at radius 1 is 1.24 bits per heavy atom. The van der Waals surface area contributed by atoms with Gasteiger partial charge in [0.05, 0.1) is 15.9 Å². The van der Waals surface area contributed by atoms with Crippen LogP contribution in [0.25, 0.3) is 11.5 Å². The number of hydrogen-bond donors (Lipinski definition) is 0. The Morgan fingerprint density at radius 2 is 1.81 bits per heavy atom. The van der Waals surface area contributed by atoms with E-state index < -0.39 is 11.6 Å². The lowest BCUT2D eigenvalue weighted by Crippen LogP contribution is -2.23. The Hall–Kier alpha value is -1.76. The van der Waals surface area contributed by atoms with E-state index in [1.165, 1.54) is 6.07 Å². The molecule has 2 aromatic heterocycles. The third-order valence-corrected chi connectivity index (χ3v) is 3.67. The van der Waals surface area contributed by atoms with Crippen LogP contribution < -0.4 is 0 Å². The Kier molecular flexibility index (Phi) is 4.13. The largest absolute Gasteiger partial charge is 0.454 e. The van der Waals surface area contributed by atoms with Gasteiger partial charge in [0.1, 0.15) is 5.60 Å². The summed E-state index contributed by atoms with van der Waals surface area (Å²) < 4.78 is 11.1. The highest BCUT2D eigenvalue weighted by Gasteiger charge is 2.23. The van der Waals surface area contributed by atoms with E-state index in [4.69, 9.17) is 9.26 Å². The maximum atomic E-state index is 11.9. The van der Waals surface area contributed by atoms with Gasteiger partial charge in [-0.05, 0) is 50.5 Å². The molecule has 0 fully saturated rings. The molecule has 0 unspecified atom stereocenters. The third-order valence-electron chi connectivity index (χ3n) is 2.52. The molecule has 7 heteroatoms. The molecule has 2 rings (SSSR count). The predicted octanol–water partition coefficient (Wildman–Crippen LogP) is 3.47. The van der Waals surface area contributed by atoms with Gasteiger partial charge in [-0.1, -0.05) is 5.16 Å². The number of esters is 1. The van der Waals surface area contributed by atoms with Gasteiger partial charge >= 0.3 is 5.97 Å². The Morgan fingerprint density at radius 3 is 2.33 bits per heavy atom. The lowest BCUT2D eigenvalue weighted by molar-refractivity contribution is 0.00277. The molecule has 0 aliphatic heterocycles. The monoisotopic (exact) mass is 353 g/mol. The molecule has 0 aliphatic rings. The van der Waals surface area contributed by atoms with E-state index in [9.17, 15) is 4.79 Å². The fourth-order valence-corrected chi connectivity index (χ4v) is 1.80. The van der Waals surface area contributed by atoms with Gasteiger partial charge in [-0.15, -0.1) is 0 Å². The van der Waals surface area contributed by atoms with Crippen molar-refractivity contribution in [1.82, 2.24) is 15.1 Å². The fraction of sp³-hybridized carbons (Fsp3) is 0.429. The summed E-state index contributed by atoms with van der Waals surface area (Å²) >= 11 is 3.40. The van der Waals surface area contributed by atoms with Gasteiger partial charge in [-0.2, -0.15) is 0 Å². The Bertz CT molecular complexity index is 666. The fourth-order valence-electron chi connectivity index (χ4n) is 1.62. The first-order chi connectivity index (χ1) is 9.67. The van der Waals surface area contributed by atoms with Crippen LogP contribution in [0.1, 0.15) is 42.7 Å². The first-order valence-electron chi connectivity index (χ1n) is 6.38. The van der Waals surface area contributed by atoms with Crippen LogP contribution in [0.5, 0.6) is 0 Å². The molecule has 0 atom stereocenters. The predicted molar refractivity (Wildman–Crippen MR) is 79.9 cm³/mol. The molecule has 0 saturated heterocycles. The summed E-state index contributed by atoms with van der Waals surface area (Å²) in [5, 5.41) is 3.83. The number of halogens is 1. The Balaban J connectivity index is 2.30. The number of hydrogen-bond acceptors (Lipinski definition) is 6. The van der Waals surface area contributed by atoms with Crippen molar-refractivity contribution in [3.8, 4) is 11.5 Å². The molecule has 0 N–H and O–H groups in total. The number of carbonyl (C=O) groups excluding carboxylic acids is 1. The molecule has 0 radical (unpaired) electrons. The van der Waals surface area contributed by atoms with Crippen LogP contribution >= 0.6 is 15.9 Å². The van der Waals surface area contributed by atoms with E-state index >= 15 is 0 Å². The molecule has 0 saturated carbocycles. The lowest BCUT2D eigenvalue weighted by Gasteiger charge is -2.17. The summed E-state index contributed by atoms with van der Waals surface area (Å²) in [5.74, 6) is -0.125. The van der Waals surface area contributed by atoms with Crippen LogP contribution in [0.4, 0.5) is 0 Å². The molecular formula is C14H16BrN3O3. The summed E-state index contributed by atoms with van der Waals surface area (Å²) in [6, 6.07) is 1.48. The molecule has 0 spiro atoms. The van der Waals surface area contributed by atoms with Gasteiger partial charge in [0, 0.05) is 6.07 Å². The molecule has 112 valence electrons. The number of aryl methyl sites for hydroxylation is 2. The molecule has 2 heterocycles. The van der Waals surface area contributed by atoms with Crippen LogP contribution in [-0.4, -0.2) is 26.7 Å². The molecule has 2 aromatic rings. The summed E-state index contributed by atoms with van der Waals surface area (Å²) in [6.07, 6.45) is 0. The number of ether oxygens (including phenoxy) is 1. The minimum Gasteiger partial charge on any atom is -0.454 e.